The number of aliphatic carboxylic acids is 1. The topological polar surface area (TPSA) is 37.3 Å². The van der Waals surface area contributed by atoms with Crippen LogP contribution in [0.5, 0.6) is 0 Å². The Kier molecular flexibility index (Phi) is 9.18. The quantitative estimate of drug-likeness (QED) is 0.493. The fourth-order valence-electron chi connectivity index (χ4n) is 2.54. The van der Waals surface area contributed by atoms with Crippen LogP contribution in [0.4, 0.5) is 0 Å². The highest BCUT2D eigenvalue weighted by molar-refractivity contribution is 7.55. The van der Waals surface area contributed by atoms with Gasteiger partial charge in [0.1, 0.15) is 0 Å². The molecular weight excluding hydrogens is 339 g/mol. The fraction of sp³-hybridized carbons (Fsp3) is 0.174. The van der Waals surface area contributed by atoms with Crippen LogP contribution in [0.3, 0.4) is 0 Å². The SMILES string of the molecule is O=C(O)CCCCc1ccccc1.c1ccc([PH2+]c2ccccc2)cc1. The monoisotopic (exact) mass is 365 g/mol. The van der Waals surface area contributed by atoms with E-state index in [2.05, 4.69) is 72.8 Å². The Morgan fingerprint density at radius 1 is 0.692 bits per heavy atom. The van der Waals surface area contributed by atoms with Gasteiger partial charge in [-0.3, -0.25) is 4.79 Å². The van der Waals surface area contributed by atoms with Crippen molar-refractivity contribution in [1.82, 2.24) is 0 Å². The van der Waals surface area contributed by atoms with Gasteiger partial charge >= 0.3 is 5.97 Å². The first-order chi connectivity index (χ1) is 12.7. The van der Waals surface area contributed by atoms with Crippen molar-refractivity contribution in [1.29, 1.82) is 0 Å². The van der Waals surface area contributed by atoms with Crippen molar-refractivity contribution in [2.24, 2.45) is 0 Å². The van der Waals surface area contributed by atoms with E-state index in [1.807, 2.05) is 18.2 Å². The smallest absolute Gasteiger partial charge is 0.303 e. The average molecular weight is 365 g/mol. The van der Waals surface area contributed by atoms with Crippen molar-refractivity contribution in [3.8, 4) is 0 Å². The Labute approximate surface area is 157 Å². The summed E-state index contributed by atoms with van der Waals surface area (Å²) in [6.07, 6.45) is 2.99. The number of carboxylic acids is 1. The van der Waals surface area contributed by atoms with Crippen LogP contribution in [0, 0.1) is 0 Å². The van der Waals surface area contributed by atoms with Crippen molar-refractivity contribution in [3.63, 3.8) is 0 Å². The average Bonchev–Trinajstić information content (AvgIpc) is 2.68. The summed E-state index contributed by atoms with van der Waals surface area (Å²) in [6.45, 7) is 0. The van der Waals surface area contributed by atoms with Crippen molar-refractivity contribution in [2.75, 3.05) is 0 Å². The van der Waals surface area contributed by atoms with E-state index in [9.17, 15) is 4.79 Å². The zero-order valence-corrected chi connectivity index (χ0v) is 16.1. The Bertz CT molecular complexity index is 705. The number of rotatable bonds is 7. The predicted molar refractivity (Wildman–Crippen MR) is 113 cm³/mol. The van der Waals surface area contributed by atoms with Crippen molar-refractivity contribution in [3.05, 3.63) is 96.6 Å². The van der Waals surface area contributed by atoms with Crippen molar-refractivity contribution in [2.45, 2.75) is 25.7 Å². The molecule has 3 rings (SSSR count). The van der Waals surface area contributed by atoms with Crippen molar-refractivity contribution < 1.29 is 9.90 Å². The maximum atomic E-state index is 10.2. The highest BCUT2D eigenvalue weighted by Gasteiger charge is 2.00. The predicted octanol–water partition coefficient (Wildman–Crippen LogP) is 4.53. The molecule has 2 nitrogen and oxygen atoms in total. The molecule has 0 saturated heterocycles. The van der Waals surface area contributed by atoms with E-state index >= 15 is 0 Å². The molecule has 0 fully saturated rings. The first-order valence-corrected chi connectivity index (χ1v) is 10.1. The van der Waals surface area contributed by atoms with Gasteiger partial charge in [0.25, 0.3) is 0 Å². The lowest BCUT2D eigenvalue weighted by molar-refractivity contribution is -0.137. The lowest BCUT2D eigenvalue weighted by Gasteiger charge is -1.98. The summed E-state index contributed by atoms with van der Waals surface area (Å²) >= 11 is 0. The summed E-state index contributed by atoms with van der Waals surface area (Å²) in [5.41, 5.74) is 1.29. The number of carbonyl (C=O) groups is 1. The molecule has 0 amide bonds. The molecule has 26 heavy (non-hydrogen) atoms. The summed E-state index contributed by atoms with van der Waals surface area (Å²) in [4.78, 5) is 10.2. The second kappa shape index (κ2) is 12.0. The number of unbranched alkanes of at least 4 members (excludes halogenated alkanes) is 1. The van der Waals surface area contributed by atoms with Crippen LogP contribution < -0.4 is 10.6 Å². The van der Waals surface area contributed by atoms with Gasteiger partial charge < -0.3 is 5.11 Å². The van der Waals surface area contributed by atoms with Gasteiger partial charge in [-0.2, -0.15) is 0 Å². The molecule has 0 aliphatic carbocycles. The molecule has 1 N–H and O–H groups in total. The largest absolute Gasteiger partial charge is 0.481 e. The van der Waals surface area contributed by atoms with E-state index in [0.717, 1.165) is 19.3 Å². The zero-order chi connectivity index (χ0) is 18.5. The summed E-state index contributed by atoms with van der Waals surface area (Å²) in [6, 6.07) is 31.5. The number of benzene rings is 3. The van der Waals surface area contributed by atoms with Crippen molar-refractivity contribution >= 4 is 25.2 Å². The minimum absolute atomic E-state index is 0.271. The highest BCUT2D eigenvalue weighted by atomic mass is 31.1. The van der Waals surface area contributed by atoms with Gasteiger partial charge in [0.05, 0.1) is 19.2 Å². The maximum Gasteiger partial charge on any atom is 0.303 e. The van der Waals surface area contributed by atoms with Crippen LogP contribution in [0.2, 0.25) is 0 Å². The van der Waals surface area contributed by atoms with Crippen LogP contribution in [0.15, 0.2) is 91.0 Å². The van der Waals surface area contributed by atoms with Gasteiger partial charge in [0, 0.05) is 6.42 Å². The van der Waals surface area contributed by atoms with E-state index in [-0.39, 0.29) is 15.0 Å². The van der Waals surface area contributed by atoms with Gasteiger partial charge in [0.2, 0.25) is 0 Å². The molecule has 0 aliphatic heterocycles. The molecule has 0 heterocycles. The second-order valence-corrected chi connectivity index (χ2v) is 7.67. The van der Waals surface area contributed by atoms with Gasteiger partial charge in [-0.25, -0.2) is 0 Å². The minimum atomic E-state index is -0.701. The third-order valence-corrected chi connectivity index (χ3v) is 5.32. The van der Waals surface area contributed by atoms with Crippen LogP contribution in [-0.4, -0.2) is 11.1 Å². The van der Waals surface area contributed by atoms with E-state index in [1.54, 1.807) is 0 Å². The fourth-order valence-corrected chi connectivity index (χ4v) is 3.76. The summed E-state index contributed by atoms with van der Waals surface area (Å²) in [5.74, 6) is -0.701. The van der Waals surface area contributed by atoms with E-state index in [1.165, 1.54) is 16.2 Å². The molecule has 3 aromatic carbocycles. The van der Waals surface area contributed by atoms with E-state index < -0.39 is 5.97 Å². The molecular formula is C23H26O2P+. The Morgan fingerprint density at radius 3 is 1.62 bits per heavy atom. The number of carboxylic acid groups (broad SMARTS) is 1. The molecule has 0 radical (unpaired) electrons. The summed E-state index contributed by atoms with van der Waals surface area (Å²) in [5, 5.41) is 11.3. The Morgan fingerprint density at radius 2 is 1.15 bits per heavy atom. The molecule has 0 aliphatic rings. The molecule has 0 spiro atoms. The molecule has 134 valence electrons. The molecule has 3 heteroatoms. The van der Waals surface area contributed by atoms with Gasteiger partial charge in [-0.05, 0) is 49.1 Å². The van der Waals surface area contributed by atoms with Crippen LogP contribution in [0.1, 0.15) is 24.8 Å². The third-order valence-electron chi connectivity index (χ3n) is 3.88. The molecule has 0 atom stereocenters. The molecule has 0 bridgehead atoms. The van der Waals surface area contributed by atoms with Crippen LogP contribution >= 0.6 is 8.58 Å². The lowest BCUT2D eigenvalue weighted by Crippen LogP contribution is -2.01. The zero-order valence-electron chi connectivity index (χ0n) is 14.9. The Balaban J connectivity index is 0.000000187. The lowest BCUT2D eigenvalue weighted by atomic mass is 10.1. The maximum absolute atomic E-state index is 10.2. The molecule has 3 aromatic rings. The van der Waals surface area contributed by atoms with Gasteiger partial charge in [0.15, 0.2) is 0 Å². The first kappa shape index (κ1) is 19.9. The molecule has 0 unspecified atom stereocenters. The normalized spacial score (nSPS) is 9.85. The van der Waals surface area contributed by atoms with Gasteiger partial charge in [-0.1, -0.05) is 66.7 Å². The third kappa shape index (κ3) is 8.60. The summed E-state index contributed by atoms with van der Waals surface area (Å²) in [7, 11) is 0.271. The number of hydrogen-bond donors (Lipinski definition) is 1. The minimum Gasteiger partial charge on any atom is -0.481 e. The number of hydrogen-bond acceptors (Lipinski definition) is 1. The number of aryl methyl sites for hydroxylation is 1. The van der Waals surface area contributed by atoms with E-state index in [4.69, 9.17) is 5.11 Å². The first-order valence-electron chi connectivity index (χ1n) is 8.94. The second-order valence-electron chi connectivity index (χ2n) is 6.05. The molecule has 0 aromatic heterocycles. The summed E-state index contributed by atoms with van der Waals surface area (Å²) < 4.78 is 0. The molecule has 0 saturated carbocycles. The highest BCUT2D eigenvalue weighted by Crippen LogP contribution is 2.09. The van der Waals surface area contributed by atoms with E-state index in [0.29, 0.717) is 0 Å². The van der Waals surface area contributed by atoms with Crippen LogP contribution in [-0.2, 0) is 11.2 Å². The standard InChI is InChI=1S/C12H11P.C11H14O2/c1-3-7-11(8-4-1)13-12-9-5-2-6-10-12;12-11(13)9-5-4-8-10-6-2-1-3-7-10/h1-10,13H;1-3,6-7H,4-5,8-9H2,(H,12,13)/p+1. The van der Waals surface area contributed by atoms with Gasteiger partial charge in [-0.15, -0.1) is 0 Å². The van der Waals surface area contributed by atoms with Crippen LogP contribution in [0.25, 0.3) is 0 Å². The Hall–Kier alpha value is -2.44.